The third kappa shape index (κ3) is 3.43. The molecule has 0 radical (unpaired) electrons. The van der Waals surface area contributed by atoms with E-state index < -0.39 is 0 Å². The summed E-state index contributed by atoms with van der Waals surface area (Å²) in [5.74, 6) is 0.555. The van der Waals surface area contributed by atoms with Gasteiger partial charge in [0.1, 0.15) is 5.75 Å². The molecule has 24 heavy (non-hydrogen) atoms. The fourth-order valence-electron chi connectivity index (χ4n) is 2.49. The fraction of sp³-hybridized carbons (Fsp3) is 0.100. The lowest BCUT2D eigenvalue weighted by molar-refractivity contribution is 0.102. The molecule has 1 amide bonds. The van der Waals surface area contributed by atoms with Crippen LogP contribution in [-0.2, 0) is 0 Å². The van der Waals surface area contributed by atoms with Crippen molar-refractivity contribution in [3.63, 3.8) is 0 Å². The van der Waals surface area contributed by atoms with Gasteiger partial charge >= 0.3 is 0 Å². The second-order valence-electron chi connectivity index (χ2n) is 5.46. The number of benzene rings is 2. The number of amides is 1. The lowest BCUT2D eigenvalue weighted by atomic mass is 10.0. The second kappa shape index (κ2) is 6.96. The first-order valence-electron chi connectivity index (χ1n) is 7.64. The van der Waals surface area contributed by atoms with Gasteiger partial charge in [-0.15, -0.1) is 0 Å². The molecule has 0 aliphatic heterocycles. The molecule has 120 valence electrons. The number of hydrogen-bond acceptors (Lipinski definition) is 3. The Kier molecular flexibility index (Phi) is 4.57. The number of nitrogens with one attached hydrogen (secondary N) is 1. The molecule has 3 rings (SSSR count). The normalized spacial score (nSPS) is 10.2. The highest BCUT2D eigenvalue weighted by Crippen LogP contribution is 2.23. The largest absolute Gasteiger partial charge is 0.497 e. The van der Waals surface area contributed by atoms with Crippen molar-refractivity contribution in [2.24, 2.45) is 0 Å². The van der Waals surface area contributed by atoms with Crippen LogP contribution < -0.4 is 10.1 Å². The number of aryl methyl sites for hydroxylation is 1. The predicted octanol–water partition coefficient (Wildman–Crippen LogP) is 4.32. The average Bonchev–Trinajstić information content (AvgIpc) is 2.63. The van der Waals surface area contributed by atoms with Crippen LogP contribution in [0, 0.1) is 6.92 Å². The molecule has 2 aromatic carbocycles. The van der Waals surface area contributed by atoms with E-state index in [0.717, 1.165) is 22.4 Å². The Balaban J connectivity index is 1.83. The number of carbonyl (C=O) groups excluding carboxylic acids is 1. The first-order valence-corrected chi connectivity index (χ1v) is 7.64. The minimum absolute atomic E-state index is 0.192. The van der Waals surface area contributed by atoms with E-state index >= 15 is 0 Å². The number of anilines is 1. The van der Waals surface area contributed by atoms with Gasteiger partial charge < -0.3 is 10.1 Å². The maximum absolute atomic E-state index is 12.5. The summed E-state index contributed by atoms with van der Waals surface area (Å²) in [6.45, 7) is 2.04. The number of ether oxygens (including phenoxy) is 1. The van der Waals surface area contributed by atoms with Crippen LogP contribution in [0.5, 0.6) is 5.75 Å². The number of methoxy groups -OCH3 is 1. The van der Waals surface area contributed by atoms with Crippen LogP contribution in [-0.4, -0.2) is 18.0 Å². The van der Waals surface area contributed by atoms with Gasteiger partial charge in [0.15, 0.2) is 0 Å². The van der Waals surface area contributed by atoms with Crippen molar-refractivity contribution in [1.29, 1.82) is 0 Å². The van der Waals surface area contributed by atoms with Gasteiger partial charge in [-0.2, -0.15) is 0 Å². The number of pyridine rings is 1. The number of nitrogens with zero attached hydrogens (tertiary/aromatic N) is 1. The highest BCUT2D eigenvalue weighted by molar-refractivity contribution is 6.04. The summed E-state index contributed by atoms with van der Waals surface area (Å²) in [7, 11) is 1.61. The topological polar surface area (TPSA) is 51.2 Å². The molecular formula is C20H18N2O2. The quantitative estimate of drug-likeness (QED) is 0.779. The Morgan fingerprint density at radius 2 is 1.79 bits per heavy atom. The van der Waals surface area contributed by atoms with Crippen molar-refractivity contribution in [3.8, 4) is 16.9 Å². The first kappa shape index (κ1) is 15.7. The lowest BCUT2D eigenvalue weighted by Gasteiger charge is -2.09. The molecule has 4 heteroatoms. The molecule has 3 aromatic rings. The SMILES string of the molecule is COc1ccc(NC(=O)c2cncc(-c3ccccc3C)c2)cc1. The monoisotopic (exact) mass is 318 g/mol. The van der Waals surface area contributed by atoms with Crippen molar-refractivity contribution in [1.82, 2.24) is 4.98 Å². The highest BCUT2D eigenvalue weighted by Gasteiger charge is 2.09. The smallest absolute Gasteiger partial charge is 0.257 e. The lowest BCUT2D eigenvalue weighted by Crippen LogP contribution is -2.12. The van der Waals surface area contributed by atoms with Gasteiger partial charge in [-0.3, -0.25) is 9.78 Å². The van der Waals surface area contributed by atoms with Crippen LogP contribution in [0.3, 0.4) is 0 Å². The second-order valence-corrected chi connectivity index (χ2v) is 5.46. The fourth-order valence-corrected chi connectivity index (χ4v) is 2.49. The molecule has 0 aliphatic rings. The van der Waals surface area contributed by atoms with E-state index in [1.807, 2.05) is 37.3 Å². The predicted molar refractivity (Wildman–Crippen MR) is 95.4 cm³/mol. The van der Waals surface area contributed by atoms with E-state index in [9.17, 15) is 4.79 Å². The van der Waals surface area contributed by atoms with E-state index in [1.165, 1.54) is 0 Å². The molecule has 1 N–H and O–H groups in total. The van der Waals surface area contributed by atoms with Crippen LogP contribution in [0.4, 0.5) is 5.69 Å². The number of carbonyl (C=O) groups is 1. The third-order valence-electron chi connectivity index (χ3n) is 3.80. The summed E-state index contributed by atoms with van der Waals surface area (Å²) in [6, 6.07) is 17.1. The number of rotatable bonds is 4. The van der Waals surface area contributed by atoms with E-state index in [2.05, 4.69) is 10.3 Å². The van der Waals surface area contributed by atoms with E-state index in [-0.39, 0.29) is 5.91 Å². The molecule has 0 saturated carbocycles. The summed E-state index contributed by atoms with van der Waals surface area (Å²) < 4.78 is 5.11. The van der Waals surface area contributed by atoms with Crippen molar-refractivity contribution in [2.45, 2.75) is 6.92 Å². The summed E-state index contributed by atoms with van der Waals surface area (Å²) >= 11 is 0. The van der Waals surface area contributed by atoms with Gasteiger partial charge in [-0.1, -0.05) is 24.3 Å². The molecule has 1 aromatic heterocycles. The zero-order valence-electron chi connectivity index (χ0n) is 13.6. The van der Waals surface area contributed by atoms with E-state index in [4.69, 9.17) is 4.74 Å². The summed E-state index contributed by atoms with van der Waals surface area (Å²) in [6.07, 6.45) is 3.34. The molecule has 0 bridgehead atoms. The number of aromatic nitrogens is 1. The number of hydrogen-bond donors (Lipinski definition) is 1. The maximum atomic E-state index is 12.5. The molecule has 1 heterocycles. The molecule has 4 nitrogen and oxygen atoms in total. The van der Waals surface area contributed by atoms with Crippen molar-refractivity contribution >= 4 is 11.6 Å². The Morgan fingerprint density at radius 3 is 2.50 bits per heavy atom. The Bertz CT molecular complexity index is 858. The van der Waals surface area contributed by atoms with Gasteiger partial charge in [0.25, 0.3) is 5.91 Å². The van der Waals surface area contributed by atoms with Crippen molar-refractivity contribution in [2.75, 3.05) is 12.4 Å². The van der Waals surface area contributed by atoms with Crippen molar-refractivity contribution in [3.05, 3.63) is 78.1 Å². The van der Waals surface area contributed by atoms with Gasteiger partial charge in [-0.25, -0.2) is 0 Å². The molecule has 0 unspecified atom stereocenters. The molecule has 0 atom stereocenters. The third-order valence-corrected chi connectivity index (χ3v) is 3.80. The average molecular weight is 318 g/mol. The first-order chi connectivity index (χ1) is 11.7. The van der Waals surface area contributed by atoms with Crippen LogP contribution in [0.15, 0.2) is 67.0 Å². The van der Waals surface area contributed by atoms with Gasteiger partial charge in [0, 0.05) is 23.6 Å². The van der Waals surface area contributed by atoms with Crippen LogP contribution >= 0.6 is 0 Å². The summed E-state index contributed by atoms with van der Waals surface area (Å²) in [5, 5.41) is 2.87. The molecule has 0 spiro atoms. The Labute approximate surface area is 141 Å². The minimum atomic E-state index is -0.192. The molecule has 0 saturated heterocycles. The minimum Gasteiger partial charge on any atom is -0.497 e. The zero-order chi connectivity index (χ0) is 16.9. The van der Waals surface area contributed by atoms with Crippen LogP contribution in [0.2, 0.25) is 0 Å². The molecule has 0 aliphatic carbocycles. The maximum Gasteiger partial charge on any atom is 0.257 e. The molecule has 0 fully saturated rings. The summed E-state index contributed by atoms with van der Waals surface area (Å²) in [5.41, 5.74) is 4.38. The molecular weight excluding hydrogens is 300 g/mol. The van der Waals surface area contributed by atoms with Crippen molar-refractivity contribution < 1.29 is 9.53 Å². The van der Waals surface area contributed by atoms with Crippen LogP contribution in [0.25, 0.3) is 11.1 Å². The highest BCUT2D eigenvalue weighted by atomic mass is 16.5. The van der Waals surface area contributed by atoms with E-state index in [1.54, 1.807) is 43.8 Å². The van der Waals surface area contributed by atoms with Gasteiger partial charge in [0.2, 0.25) is 0 Å². The van der Waals surface area contributed by atoms with E-state index in [0.29, 0.717) is 11.3 Å². The Hall–Kier alpha value is -3.14. The zero-order valence-corrected chi connectivity index (χ0v) is 13.6. The van der Waals surface area contributed by atoms with Crippen LogP contribution in [0.1, 0.15) is 15.9 Å². The standard InChI is InChI=1S/C20H18N2O2/c1-14-5-3-4-6-19(14)15-11-16(13-21-12-15)20(23)22-17-7-9-18(24-2)10-8-17/h3-13H,1-2H3,(H,22,23). The summed E-state index contributed by atoms with van der Waals surface area (Å²) in [4.78, 5) is 16.7. The van der Waals surface area contributed by atoms with Gasteiger partial charge in [0.05, 0.1) is 12.7 Å². The Morgan fingerprint density at radius 1 is 1.04 bits per heavy atom. The van der Waals surface area contributed by atoms with Gasteiger partial charge in [-0.05, 0) is 48.4 Å².